The summed E-state index contributed by atoms with van der Waals surface area (Å²) in [6.07, 6.45) is -0.218. The molecule has 6 heteroatoms. The number of amides is 1. The van der Waals surface area contributed by atoms with Crippen LogP contribution in [0.3, 0.4) is 0 Å². The van der Waals surface area contributed by atoms with Crippen LogP contribution in [0.2, 0.25) is 5.02 Å². The van der Waals surface area contributed by atoms with Gasteiger partial charge in [0.25, 0.3) is 5.91 Å². The quantitative estimate of drug-likeness (QED) is 0.787. The van der Waals surface area contributed by atoms with E-state index in [1.54, 1.807) is 30.1 Å². The molecule has 1 unspecified atom stereocenters. The number of carbonyl (C=O) groups excluding carboxylic acids is 1. The molecule has 1 amide bonds. The van der Waals surface area contributed by atoms with Gasteiger partial charge in [0, 0.05) is 11.5 Å². The third kappa shape index (κ3) is 3.62. The molecular weight excluding hydrogens is 382 g/mol. The summed E-state index contributed by atoms with van der Waals surface area (Å²) in [4.78, 5) is 14.2. The SMILES string of the molecule is CN(CC1COc2ccccc2O1)C(=O)c1cc(Br)ccc1Cl. The van der Waals surface area contributed by atoms with Crippen molar-refractivity contribution >= 4 is 33.4 Å². The highest BCUT2D eigenvalue weighted by Gasteiger charge is 2.25. The fourth-order valence-electron chi connectivity index (χ4n) is 2.41. The second-order valence-corrected chi connectivity index (χ2v) is 6.63. The number of halogens is 2. The van der Waals surface area contributed by atoms with E-state index >= 15 is 0 Å². The van der Waals surface area contributed by atoms with Crippen LogP contribution in [-0.4, -0.2) is 37.1 Å². The Bertz CT molecular complexity index is 738. The second kappa shape index (κ2) is 6.81. The van der Waals surface area contributed by atoms with E-state index in [0.29, 0.717) is 29.5 Å². The number of rotatable bonds is 3. The first kappa shape index (κ1) is 16.1. The third-order valence-electron chi connectivity index (χ3n) is 3.55. The average molecular weight is 397 g/mol. The molecule has 1 heterocycles. The van der Waals surface area contributed by atoms with Crippen molar-refractivity contribution in [2.45, 2.75) is 6.10 Å². The summed E-state index contributed by atoms with van der Waals surface area (Å²) in [6.45, 7) is 0.816. The van der Waals surface area contributed by atoms with Crippen molar-refractivity contribution < 1.29 is 14.3 Å². The molecule has 0 radical (unpaired) electrons. The van der Waals surface area contributed by atoms with Crippen molar-refractivity contribution in [2.24, 2.45) is 0 Å². The van der Waals surface area contributed by atoms with Gasteiger partial charge in [0.15, 0.2) is 17.6 Å². The highest BCUT2D eigenvalue weighted by Crippen LogP contribution is 2.31. The first-order chi connectivity index (χ1) is 11.0. The molecule has 0 bridgehead atoms. The van der Waals surface area contributed by atoms with Gasteiger partial charge in [-0.25, -0.2) is 0 Å². The lowest BCUT2D eigenvalue weighted by Crippen LogP contribution is -2.41. The molecule has 0 saturated carbocycles. The van der Waals surface area contributed by atoms with Crippen LogP contribution in [-0.2, 0) is 0 Å². The summed E-state index contributed by atoms with van der Waals surface area (Å²) in [5.41, 5.74) is 0.459. The van der Waals surface area contributed by atoms with Crippen LogP contribution in [0.4, 0.5) is 0 Å². The molecule has 0 N–H and O–H groups in total. The molecule has 2 aromatic rings. The van der Waals surface area contributed by atoms with Crippen LogP contribution < -0.4 is 9.47 Å². The molecule has 4 nitrogen and oxygen atoms in total. The highest BCUT2D eigenvalue weighted by molar-refractivity contribution is 9.10. The lowest BCUT2D eigenvalue weighted by Gasteiger charge is -2.29. The molecule has 0 aliphatic carbocycles. The first-order valence-corrected chi connectivity index (χ1v) is 8.30. The lowest BCUT2D eigenvalue weighted by atomic mass is 10.2. The largest absolute Gasteiger partial charge is 0.486 e. The van der Waals surface area contributed by atoms with Gasteiger partial charge in [-0.05, 0) is 30.3 Å². The smallest absolute Gasteiger partial charge is 0.255 e. The minimum absolute atomic E-state index is 0.154. The average Bonchev–Trinajstić information content (AvgIpc) is 2.56. The van der Waals surface area contributed by atoms with Crippen LogP contribution in [0.25, 0.3) is 0 Å². The molecule has 1 aliphatic heterocycles. The molecule has 0 aromatic heterocycles. The topological polar surface area (TPSA) is 38.8 Å². The molecule has 2 aromatic carbocycles. The van der Waals surface area contributed by atoms with Crippen molar-refractivity contribution in [1.29, 1.82) is 0 Å². The Morgan fingerprint density at radius 2 is 2.04 bits per heavy atom. The van der Waals surface area contributed by atoms with Gasteiger partial charge in [-0.15, -0.1) is 0 Å². The summed E-state index contributed by atoms with van der Waals surface area (Å²) in [7, 11) is 1.73. The van der Waals surface area contributed by atoms with Crippen LogP contribution in [0, 0.1) is 0 Å². The van der Waals surface area contributed by atoms with Crippen molar-refractivity contribution in [3.05, 3.63) is 57.5 Å². The maximum Gasteiger partial charge on any atom is 0.255 e. The van der Waals surface area contributed by atoms with Crippen LogP contribution in [0.1, 0.15) is 10.4 Å². The Kier molecular flexibility index (Phi) is 4.78. The third-order valence-corrected chi connectivity index (χ3v) is 4.37. The van der Waals surface area contributed by atoms with E-state index in [9.17, 15) is 4.79 Å². The van der Waals surface area contributed by atoms with Gasteiger partial charge in [0.05, 0.1) is 17.1 Å². The van der Waals surface area contributed by atoms with Crippen LogP contribution in [0.5, 0.6) is 11.5 Å². The maximum atomic E-state index is 12.6. The molecule has 120 valence electrons. The molecule has 1 atom stereocenters. The summed E-state index contributed by atoms with van der Waals surface area (Å²) in [5.74, 6) is 1.27. The van der Waals surface area contributed by atoms with Crippen molar-refractivity contribution in [3.8, 4) is 11.5 Å². The number of fused-ring (bicyclic) bond motifs is 1. The van der Waals surface area contributed by atoms with E-state index in [0.717, 1.165) is 10.2 Å². The monoisotopic (exact) mass is 395 g/mol. The number of carbonyl (C=O) groups is 1. The molecule has 3 rings (SSSR count). The Morgan fingerprint density at radius 3 is 2.83 bits per heavy atom. The summed E-state index contributed by atoms with van der Waals surface area (Å²) in [5, 5.41) is 0.427. The normalized spacial score (nSPS) is 16.0. The van der Waals surface area contributed by atoms with Gasteiger partial charge in [0.1, 0.15) is 6.61 Å². The van der Waals surface area contributed by atoms with Gasteiger partial charge in [-0.3, -0.25) is 4.79 Å². The fraction of sp³-hybridized carbons (Fsp3) is 0.235. The standard InChI is InChI=1S/C17H15BrClNO3/c1-20(17(21)13-8-11(18)6-7-14(13)19)9-12-10-22-15-4-2-3-5-16(15)23-12/h2-8,12H,9-10H2,1H3. The molecule has 0 fully saturated rings. The zero-order chi connectivity index (χ0) is 16.4. The number of hydrogen-bond acceptors (Lipinski definition) is 3. The Labute approximate surface area is 148 Å². The number of ether oxygens (including phenoxy) is 2. The molecular formula is C17H15BrClNO3. The van der Waals surface area contributed by atoms with Crippen molar-refractivity contribution in [1.82, 2.24) is 4.90 Å². The second-order valence-electron chi connectivity index (χ2n) is 5.31. The maximum absolute atomic E-state index is 12.6. The number of benzene rings is 2. The molecule has 1 aliphatic rings. The fourth-order valence-corrected chi connectivity index (χ4v) is 2.97. The molecule has 0 saturated heterocycles. The Morgan fingerprint density at radius 1 is 1.30 bits per heavy atom. The number of nitrogens with zero attached hydrogens (tertiary/aromatic N) is 1. The van der Waals surface area contributed by atoms with Crippen molar-refractivity contribution in [2.75, 3.05) is 20.2 Å². The van der Waals surface area contributed by atoms with Crippen LogP contribution >= 0.6 is 27.5 Å². The number of hydrogen-bond donors (Lipinski definition) is 0. The summed E-state index contributed by atoms with van der Waals surface area (Å²) >= 11 is 9.48. The van der Waals surface area contributed by atoms with E-state index in [1.165, 1.54) is 0 Å². The van der Waals surface area contributed by atoms with Crippen molar-refractivity contribution in [3.63, 3.8) is 0 Å². The zero-order valence-corrected chi connectivity index (χ0v) is 14.8. The number of para-hydroxylation sites is 2. The zero-order valence-electron chi connectivity index (χ0n) is 12.5. The molecule has 0 spiro atoms. The minimum Gasteiger partial charge on any atom is -0.486 e. The van der Waals surface area contributed by atoms with Gasteiger partial charge in [-0.2, -0.15) is 0 Å². The van der Waals surface area contributed by atoms with Gasteiger partial charge >= 0.3 is 0 Å². The van der Waals surface area contributed by atoms with Gasteiger partial charge in [0.2, 0.25) is 0 Å². The van der Waals surface area contributed by atoms with E-state index in [-0.39, 0.29) is 12.0 Å². The minimum atomic E-state index is -0.218. The predicted octanol–water partition coefficient (Wildman–Crippen LogP) is 4.01. The predicted molar refractivity (Wildman–Crippen MR) is 92.5 cm³/mol. The van der Waals surface area contributed by atoms with E-state index in [1.807, 2.05) is 24.3 Å². The van der Waals surface area contributed by atoms with Crippen LogP contribution in [0.15, 0.2) is 46.9 Å². The van der Waals surface area contributed by atoms with Gasteiger partial charge in [-0.1, -0.05) is 39.7 Å². The molecule has 23 heavy (non-hydrogen) atoms. The highest BCUT2D eigenvalue weighted by atomic mass is 79.9. The summed E-state index contributed by atoms with van der Waals surface area (Å²) in [6, 6.07) is 12.7. The van der Waals surface area contributed by atoms with E-state index in [4.69, 9.17) is 21.1 Å². The lowest BCUT2D eigenvalue weighted by molar-refractivity contribution is 0.0521. The number of likely N-dealkylation sites (N-methyl/N-ethyl adjacent to an activating group) is 1. The Balaban J connectivity index is 1.69. The Hall–Kier alpha value is -1.72. The van der Waals surface area contributed by atoms with E-state index < -0.39 is 0 Å². The first-order valence-electron chi connectivity index (χ1n) is 7.13. The summed E-state index contributed by atoms with van der Waals surface area (Å²) < 4.78 is 12.4. The van der Waals surface area contributed by atoms with Gasteiger partial charge < -0.3 is 14.4 Å². The van der Waals surface area contributed by atoms with E-state index in [2.05, 4.69) is 15.9 Å².